The molecule has 1 aromatic heterocycles. The standard InChI is InChI=1S/C25H46N2O/c1-3-4-5-6-7-8-9-10-11-12-13-14-15-18-21-27(24(2)23-28)22-25-19-16-17-20-26-25/h16-17,19-20,24,28H,3-15,18,21-23H2,1-2H3/t24-/m0/s1. The maximum atomic E-state index is 9.54. The van der Waals surface area contributed by atoms with E-state index >= 15 is 0 Å². The van der Waals surface area contributed by atoms with Crippen molar-refractivity contribution in [1.29, 1.82) is 0 Å². The largest absolute Gasteiger partial charge is 0.395 e. The molecule has 28 heavy (non-hydrogen) atoms. The predicted octanol–water partition coefficient (Wildman–Crippen LogP) is 6.75. The van der Waals surface area contributed by atoms with Crippen molar-refractivity contribution in [1.82, 2.24) is 9.88 Å². The minimum absolute atomic E-state index is 0.198. The second-order valence-electron chi connectivity index (χ2n) is 8.42. The molecule has 0 saturated heterocycles. The van der Waals surface area contributed by atoms with Crippen molar-refractivity contribution >= 4 is 0 Å². The van der Waals surface area contributed by atoms with E-state index in [9.17, 15) is 5.11 Å². The molecule has 0 unspecified atom stereocenters. The zero-order chi connectivity index (χ0) is 20.3. The molecule has 0 fully saturated rings. The Morgan fingerprint density at radius 1 is 0.821 bits per heavy atom. The molecule has 0 saturated carbocycles. The molecule has 1 atom stereocenters. The summed E-state index contributed by atoms with van der Waals surface area (Å²) in [5.74, 6) is 0. The van der Waals surface area contributed by atoms with Crippen LogP contribution in [0.3, 0.4) is 0 Å². The zero-order valence-electron chi connectivity index (χ0n) is 18.7. The van der Waals surface area contributed by atoms with Gasteiger partial charge in [0, 0.05) is 18.8 Å². The van der Waals surface area contributed by atoms with Crippen LogP contribution in [0.4, 0.5) is 0 Å². The monoisotopic (exact) mass is 390 g/mol. The van der Waals surface area contributed by atoms with Crippen LogP contribution in [-0.2, 0) is 6.54 Å². The maximum Gasteiger partial charge on any atom is 0.0584 e. The average molecular weight is 391 g/mol. The van der Waals surface area contributed by atoms with Crippen LogP contribution in [-0.4, -0.2) is 34.2 Å². The molecular formula is C25H46N2O. The van der Waals surface area contributed by atoms with Crippen LogP contribution in [0.1, 0.15) is 109 Å². The van der Waals surface area contributed by atoms with Crippen LogP contribution in [0.2, 0.25) is 0 Å². The molecule has 0 bridgehead atoms. The second-order valence-corrected chi connectivity index (χ2v) is 8.42. The lowest BCUT2D eigenvalue weighted by molar-refractivity contribution is 0.124. The summed E-state index contributed by atoms with van der Waals surface area (Å²) >= 11 is 0. The van der Waals surface area contributed by atoms with E-state index < -0.39 is 0 Å². The molecule has 0 aromatic carbocycles. The lowest BCUT2D eigenvalue weighted by atomic mass is 10.0. The first-order chi connectivity index (χ1) is 13.8. The summed E-state index contributed by atoms with van der Waals surface area (Å²) in [5.41, 5.74) is 1.09. The van der Waals surface area contributed by atoms with E-state index in [-0.39, 0.29) is 12.6 Å². The van der Waals surface area contributed by atoms with Crippen molar-refractivity contribution in [3.05, 3.63) is 30.1 Å². The van der Waals surface area contributed by atoms with Gasteiger partial charge in [-0.1, -0.05) is 96.5 Å². The molecule has 1 heterocycles. The number of unbranched alkanes of at least 4 members (excludes halogenated alkanes) is 13. The zero-order valence-corrected chi connectivity index (χ0v) is 18.7. The number of aliphatic hydroxyl groups excluding tert-OH is 1. The Bertz CT molecular complexity index is 437. The van der Waals surface area contributed by atoms with Crippen molar-refractivity contribution in [3.8, 4) is 0 Å². The fraction of sp³-hybridized carbons (Fsp3) is 0.800. The number of hydrogen-bond donors (Lipinski definition) is 1. The van der Waals surface area contributed by atoms with Gasteiger partial charge in [-0.3, -0.25) is 9.88 Å². The first-order valence-corrected chi connectivity index (χ1v) is 12.0. The Morgan fingerprint density at radius 2 is 1.36 bits per heavy atom. The molecular weight excluding hydrogens is 344 g/mol. The minimum atomic E-state index is 0.198. The van der Waals surface area contributed by atoms with Crippen molar-refractivity contribution in [3.63, 3.8) is 0 Å². The second kappa shape index (κ2) is 18.1. The van der Waals surface area contributed by atoms with Gasteiger partial charge in [0.1, 0.15) is 0 Å². The highest BCUT2D eigenvalue weighted by Gasteiger charge is 2.13. The molecule has 3 nitrogen and oxygen atoms in total. The smallest absolute Gasteiger partial charge is 0.0584 e. The number of aromatic nitrogens is 1. The Kier molecular flexibility index (Phi) is 16.2. The van der Waals surface area contributed by atoms with E-state index in [0.717, 1.165) is 18.8 Å². The highest BCUT2D eigenvalue weighted by molar-refractivity contribution is 5.03. The van der Waals surface area contributed by atoms with Crippen LogP contribution in [0.15, 0.2) is 24.4 Å². The van der Waals surface area contributed by atoms with Gasteiger partial charge in [0.15, 0.2) is 0 Å². The van der Waals surface area contributed by atoms with Gasteiger partial charge in [-0.15, -0.1) is 0 Å². The lowest BCUT2D eigenvalue weighted by Crippen LogP contribution is -2.36. The molecule has 0 amide bonds. The Labute approximate surface area is 175 Å². The van der Waals surface area contributed by atoms with E-state index in [0.29, 0.717) is 0 Å². The topological polar surface area (TPSA) is 36.4 Å². The Balaban J connectivity index is 1.98. The SMILES string of the molecule is CCCCCCCCCCCCCCCCN(Cc1ccccn1)[C@@H](C)CO. The molecule has 0 aliphatic carbocycles. The van der Waals surface area contributed by atoms with Crippen molar-refractivity contribution in [2.75, 3.05) is 13.2 Å². The van der Waals surface area contributed by atoms with E-state index in [4.69, 9.17) is 0 Å². The number of hydrogen-bond acceptors (Lipinski definition) is 3. The summed E-state index contributed by atoms with van der Waals surface area (Å²) in [6, 6.07) is 6.26. The highest BCUT2D eigenvalue weighted by atomic mass is 16.3. The summed E-state index contributed by atoms with van der Waals surface area (Å²) in [7, 11) is 0. The number of rotatable bonds is 19. The van der Waals surface area contributed by atoms with Crippen molar-refractivity contribution in [2.24, 2.45) is 0 Å². The molecule has 0 radical (unpaired) electrons. The summed E-state index contributed by atoms with van der Waals surface area (Å²) in [4.78, 5) is 6.79. The van der Waals surface area contributed by atoms with Crippen LogP contribution >= 0.6 is 0 Å². The van der Waals surface area contributed by atoms with Gasteiger partial charge in [0.25, 0.3) is 0 Å². The van der Waals surface area contributed by atoms with Crippen LogP contribution in [0.5, 0.6) is 0 Å². The molecule has 3 heteroatoms. The van der Waals surface area contributed by atoms with Gasteiger partial charge in [-0.25, -0.2) is 0 Å². The average Bonchev–Trinajstić information content (AvgIpc) is 2.73. The van der Waals surface area contributed by atoms with Crippen LogP contribution in [0.25, 0.3) is 0 Å². The highest BCUT2D eigenvalue weighted by Crippen LogP contribution is 2.14. The van der Waals surface area contributed by atoms with E-state index in [1.54, 1.807) is 0 Å². The first kappa shape index (κ1) is 25.1. The normalized spacial score (nSPS) is 12.6. The molecule has 0 spiro atoms. The van der Waals surface area contributed by atoms with Gasteiger partial charge in [0.2, 0.25) is 0 Å². The summed E-state index contributed by atoms with van der Waals surface area (Å²) in [5, 5.41) is 9.54. The van der Waals surface area contributed by atoms with Gasteiger partial charge < -0.3 is 5.11 Å². The third-order valence-electron chi connectivity index (χ3n) is 5.78. The van der Waals surface area contributed by atoms with Gasteiger partial charge >= 0.3 is 0 Å². The van der Waals surface area contributed by atoms with Gasteiger partial charge in [0.05, 0.1) is 12.3 Å². The van der Waals surface area contributed by atoms with E-state index in [1.165, 1.54) is 89.9 Å². The maximum absolute atomic E-state index is 9.54. The third-order valence-corrected chi connectivity index (χ3v) is 5.78. The van der Waals surface area contributed by atoms with Crippen molar-refractivity contribution in [2.45, 2.75) is 116 Å². The van der Waals surface area contributed by atoms with E-state index in [2.05, 4.69) is 29.8 Å². The number of nitrogens with zero attached hydrogens (tertiary/aromatic N) is 2. The Morgan fingerprint density at radius 3 is 1.82 bits per heavy atom. The summed E-state index contributed by atoms with van der Waals surface area (Å²) in [6.07, 6.45) is 21.3. The molecule has 162 valence electrons. The summed E-state index contributed by atoms with van der Waals surface area (Å²) in [6.45, 7) is 6.49. The van der Waals surface area contributed by atoms with Crippen molar-refractivity contribution < 1.29 is 5.11 Å². The quantitative estimate of drug-likeness (QED) is 0.266. The van der Waals surface area contributed by atoms with Crippen LogP contribution in [0, 0.1) is 0 Å². The Hall–Kier alpha value is -0.930. The molecule has 0 aliphatic heterocycles. The fourth-order valence-electron chi connectivity index (χ4n) is 3.78. The summed E-state index contributed by atoms with van der Waals surface area (Å²) < 4.78 is 0. The molecule has 0 aliphatic rings. The van der Waals surface area contributed by atoms with Gasteiger partial charge in [-0.05, 0) is 32.0 Å². The van der Waals surface area contributed by atoms with Crippen LogP contribution < -0.4 is 0 Å². The first-order valence-electron chi connectivity index (χ1n) is 12.0. The third kappa shape index (κ3) is 13.3. The minimum Gasteiger partial charge on any atom is -0.395 e. The fourth-order valence-corrected chi connectivity index (χ4v) is 3.78. The lowest BCUT2D eigenvalue weighted by Gasteiger charge is -2.27. The molecule has 1 aromatic rings. The predicted molar refractivity (Wildman–Crippen MR) is 122 cm³/mol. The molecule has 1 rings (SSSR count). The molecule has 1 N–H and O–H groups in total. The number of aliphatic hydroxyl groups is 1. The van der Waals surface area contributed by atoms with Gasteiger partial charge in [-0.2, -0.15) is 0 Å². The van der Waals surface area contributed by atoms with E-state index in [1.807, 2.05) is 18.3 Å². The number of pyridine rings is 1.